The molecule has 0 atom stereocenters. The Morgan fingerprint density at radius 3 is 2.38 bits per heavy atom. The summed E-state index contributed by atoms with van der Waals surface area (Å²) in [6, 6.07) is 10.1. The number of aryl methyl sites for hydroxylation is 1. The number of hydrogen-bond acceptors (Lipinski definition) is 1. The molecule has 1 aromatic carbocycles. The molecule has 0 aliphatic carbocycles. The van der Waals surface area contributed by atoms with Gasteiger partial charge in [0, 0.05) is 11.3 Å². The van der Waals surface area contributed by atoms with Crippen molar-refractivity contribution in [3.63, 3.8) is 0 Å². The summed E-state index contributed by atoms with van der Waals surface area (Å²) in [5.41, 5.74) is 4.01. The molecule has 0 aliphatic rings. The molecule has 2 rings (SSSR count). The molecule has 0 saturated heterocycles. The molecule has 0 amide bonds. The third-order valence-electron chi connectivity index (χ3n) is 2.64. The van der Waals surface area contributed by atoms with Crippen LogP contribution in [-0.2, 0) is 0 Å². The topological polar surface area (TPSA) is 32.9 Å². The van der Waals surface area contributed by atoms with E-state index in [9.17, 15) is 4.79 Å². The van der Waals surface area contributed by atoms with E-state index >= 15 is 0 Å². The lowest BCUT2D eigenvalue weighted by molar-refractivity contribution is 1.11. The highest BCUT2D eigenvalue weighted by atomic mass is 79.9. The fraction of sp³-hybridized carbons (Fsp3) is 0.154. The van der Waals surface area contributed by atoms with Gasteiger partial charge in [0.2, 0.25) is 0 Å². The van der Waals surface area contributed by atoms with Gasteiger partial charge in [0.05, 0.1) is 4.47 Å². The van der Waals surface area contributed by atoms with Gasteiger partial charge in [-0.05, 0) is 40.9 Å². The van der Waals surface area contributed by atoms with Gasteiger partial charge in [-0.15, -0.1) is 0 Å². The number of nitrogens with one attached hydrogen (secondary N) is 1. The van der Waals surface area contributed by atoms with Crippen molar-refractivity contribution in [2.75, 3.05) is 0 Å². The van der Waals surface area contributed by atoms with Crippen LogP contribution in [0.2, 0.25) is 0 Å². The minimum absolute atomic E-state index is 0.0744. The lowest BCUT2D eigenvalue weighted by Gasteiger charge is -2.10. The van der Waals surface area contributed by atoms with Gasteiger partial charge in [0.1, 0.15) is 0 Å². The molecule has 1 N–H and O–H groups in total. The highest BCUT2D eigenvalue weighted by molar-refractivity contribution is 9.10. The average molecular weight is 278 g/mol. The van der Waals surface area contributed by atoms with Gasteiger partial charge in [0.15, 0.2) is 0 Å². The zero-order valence-electron chi connectivity index (χ0n) is 9.17. The maximum Gasteiger partial charge on any atom is 0.262 e. The van der Waals surface area contributed by atoms with E-state index in [2.05, 4.69) is 20.9 Å². The number of aromatic nitrogens is 1. The van der Waals surface area contributed by atoms with Crippen LogP contribution in [0, 0.1) is 13.8 Å². The van der Waals surface area contributed by atoms with Gasteiger partial charge < -0.3 is 4.98 Å². The average Bonchev–Trinajstić information content (AvgIpc) is 2.28. The Balaban J connectivity index is 2.76. The van der Waals surface area contributed by atoms with Crippen LogP contribution in [0.1, 0.15) is 11.3 Å². The lowest BCUT2D eigenvalue weighted by Crippen LogP contribution is -2.11. The highest BCUT2D eigenvalue weighted by Crippen LogP contribution is 2.28. The smallest absolute Gasteiger partial charge is 0.262 e. The van der Waals surface area contributed by atoms with E-state index < -0.39 is 0 Å². The summed E-state index contributed by atoms with van der Waals surface area (Å²) in [5.74, 6) is 0. The van der Waals surface area contributed by atoms with Crippen LogP contribution in [-0.4, -0.2) is 4.98 Å². The van der Waals surface area contributed by atoms with Gasteiger partial charge in [0.25, 0.3) is 5.56 Å². The van der Waals surface area contributed by atoms with Crippen molar-refractivity contribution in [2.45, 2.75) is 13.8 Å². The number of H-pyrrole nitrogens is 1. The molecule has 1 aromatic heterocycles. The van der Waals surface area contributed by atoms with Crippen molar-refractivity contribution in [1.82, 2.24) is 4.98 Å². The zero-order valence-corrected chi connectivity index (χ0v) is 10.8. The molecule has 2 aromatic rings. The molecule has 0 aliphatic heterocycles. The molecule has 0 saturated carbocycles. The molecular formula is C13H12BrNO. The third-order valence-corrected chi connectivity index (χ3v) is 3.60. The number of aromatic amines is 1. The Labute approximate surface area is 102 Å². The Hall–Kier alpha value is -1.35. The van der Waals surface area contributed by atoms with E-state index in [4.69, 9.17) is 0 Å². The van der Waals surface area contributed by atoms with Crippen molar-refractivity contribution in [3.8, 4) is 11.1 Å². The fourth-order valence-corrected chi connectivity index (χ4v) is 2.18. The quantitative estimate of drug-likeness (QED) is 0.851. The summed E-state index contributed by atoms with van der Waals surface area (Å²) >= 11 is 3.32. The molecule has 0 unspecified atom stereocenters. The normalized spacial score (nSPS) is 10.4. The summed E-state index contributed by atoms with van der Waals surface area (Å²) in [6.07, 6.45) is 0. The molecule has 16 heavy (non-hydrogen) atoms. The van der Waals surface area contributed by atoms with Crippen molar-refractivity contribution in [1.29, 1.82) is 0 Å². The van der Waals surface area contributed by atoms with Crippen molar-refractivity contribution >= 4 is 15.9 Å². The Morgan fingerprint density at radius 2 is 1.75 bits per heavy atom. The van der Waals surface area contributed by atoms with Crippen molar-refractivity contribution in [2.24, 2.45) is 0 Å². The largest absolute Gasteiger partial charge is 0.325 e. The van der Waals surface area contributed by atoms with Gasteiger partial charge in [-0.2, -0.15) is 0 Å². The molecule has 0 bridgehead atoms. The number of pyridine rings is 1. The highest BCUT2D eigenvalue weighted by Gasteiger charge is 2.11. The summed E-state index contributed by atoms with van der Waals surface area (Å²) in [4.78, 5) is 14.4. The second-order valence-electron chi connectivity index (χ2n) is 3.76. The summed E-state index contributed by atoms with van der Waals surface area (Å²) in [7, 11) is 0. The van der Waals surface area contributed by atoms with Crippen LogP contribution in [0.4, 0.5) is 0 Å². The number of halogens is 1. The first-order chi connectivity index (χ1) is 7.61. The number of benzene rings is 1. The Bertz CT molecular complexity index is 572. The van der Waals surface area contributed by atoms with E-state index in [1.807, 2.05) is 44.2 Å². The van der Waals surface area contributed by atoms with Crippen LogP contribution in [0.3, 0.4) is 0 Å². The maximum atomic E-state index is 11.5. The number of rotatable bonds is 1. The monoisotopic (exact) mass is 277 g/mol. The molecule has 1 heterocycles. The second kappa shape index (κ2) is 4.26. The van der Waals surface area contributed by atoms with Crippen LogP contribution in [0.5, 0.6) is 0 Å². The predicted octanol–water partition coefficient (Wildman–Crippen LogP) is 3.42. The number of hydrogen-bond donors (Lipinski definition) is 1. The van der Waals surface area contributed by atoms with Crippen LogP contribution >= 0.6 is 15.9 Å². The van der Waals surface area contributed by atoms with Gasteiger partial charge in [-0.1, -0.05) is 30.3 Å². The zero-order chi connectivity index (χ0) is 11.7. The fourth-order valence-electron chi connectivity index (χ4n) is 1.89. The van der Waals surface area contributed by atoms with Gasteiger partial charge in [-0.3, -0.25) is 4.79 Å². The lowest BCUT2D eigenvalue weighted by atomic mass is 10.00. The molecule has 82 valence electrons. The minimum atomic E-state index is -0.0744. The van der Waals surface area contributed by atoms with Gasteiger partial charge in [-0.25, -0.2) is 0 Å². The Morgan fingerprint density at radius 1 is 1.12 bits per heavy atom. The third kappa shape index (κ3) is 1.83. The summed E-state index contributed by atoms with van der Waals surface area (Å²) in [6.45, 7) is 3.87. The standard InChI is InChI=1S/C13H12BrNO/c1-8-11(10-6-4-3-5-7-10)9(2)15-13(16)12(8)14/h3-7H,1-2H3,(H,15,16). The molecule has 0 fully saturated rings. The maximum absolute atomic E-state index is 11.5. The van der Waals surface area contributed by atoms with Crippen LogP contribution < -0.4 is 5.56 Å². The molecule has 0 spiro atoms. The SMILES string of the molecule is Cc1[nH]c(=O)c(Br)c(C)c1-c1ccccc1. The molecular weight excluding hydrogens is 266 g/mol. The van der Waals surface area contributed by atoms with Crippen molar-refractivity contribution in [3.05, 3.63) is 56.4 Å². The van der Waals surface area contributed by atoms with E-state index in [0.717, 1.165) is 22.4 Å². The van der Waals surface area contributed by atoms with Crippen LogP contribution in [0.15, 0.2) is 39.6 Å². The first kappa shape index (κ1) is 11.1. The minimum Gasteiger partial charge on any atom is -0.325 e. The molecule has 2 nitrogen and oxygen atoms in total. The van der Waals surface area contributed by atoms with E-state index in [1.54, 1.807) is 0 Å². The summed E-state index contributed by atoms with van der Waals surface area (Å²) < 4.78 is 0.608. The first-order valence-electron chi connectivity index (χ1n) is 5.05. The van der Waals surface area contributed by atoms with Crippen LogP contribution in [0.25, 0.3) is 11.1 Å². The van der Waals surface area contributed by atoms with E-state index in [0.29, 0.717) is 4.47 Å². The predicted molar refractivity (Wildman–Crippen MR) is 69.7 cm³/mol. The second-order valence-corrected chi connectivity index (χ2v) is 4.55. The Kier molecular flexibility index (Phi) is 2.97. The summed E-state index contributed by atoms with van der Waals surface area (Å²) in [5, 5.41) is 0. The van der Waals surface area contributed by atoms with Crippen molar-refractivity contribution < 1.29 is 0 Å². The molecule has 0 radical (unpaired) electrons. The molecule has 3 heteroatoms. The van der Waals surface area contributed by atoms with E-state index in [1.165, 1.54) is 0 Å². The first-order valence-corrected chi connectivity index (χ1v) is 5.85. The van der Waals surface area contributed by atoms with Gasteiger partial charge >= 0.3 is 0 Å². The van der Waals surface area contributed by atoms with E-state index in [-0.39, 0.29) is 5.56 Å².